The maximum Gasteiger partial charge on any atom is 0.513 e. The minimum absolute atomic E-state index is 0.0485. The number of fused-ring (bicyclic) bond motifs is 2. The number of β-lactam (4-membered cyclic amide) rings is 1. The molecule has 2 aliphatic rings. The van der Waals surface area contributed by atoms with Gasteiger partial charge in [-0.2, -0.15) is 0 Å². The van der Waals surface area contributed by atoms with Crippen LogP contribution < -0.4 is 32.0 Å². The number of amides is 4. The fourth-order valence-electron chi connectivity index (χ4n) is 5.95. The summed E-state index contributed by atoms with van der Waals surface area (Å²) < 4.78 is 28.9. The van der Waals surface area contributed by atoms with Crippen molar-refractivity contribution < 1.29 is 61.7 Å². The molecule has 0 radical (unpaired) electrons. The van der Waals surface area contributed by atoms with Gasteiger partial charge in [-0.3, -0.25) is 24.0 Å². The van der Waals surface area contributed by atoms with Gasteiger partial charge in [0.1, 0.15) is 30.0 Å². The number of benzene rings is 2. The van der Waals surface area contributed by atoms with Gasteiger partial charge in [-0.15, -0.1) is 11.8 Å². The van der Waals surface area contributed by atoms with Crippen molar-refractivity contribution in [3.05, 3.63) is 75.0 Å². The molecular weight excluding hydrogens is 762 g/mol. The highest BCUT2D eigenvalue weighted by molar-refractivity contribution is 8.01. The Morgan fingerprint density at radius 2 is 1.66 bits per heavy atom. The van der Waals surface area contributed by atoms with E-state index in [1.54, 1.807) is 51.1 Å². The summed E-state index contributed by atoms with van der Waals surface area (Å²) in [7, 11) is 1.06. The minimum Gasteiger partial charge on any atom is -0.437 e. The second-order valence-corrected chi connectivity index (χ2v) is 14.5. The highest BCUT2D eigenvalue weighted by Gasteiger charge is 2.64. The van der Waals surface area contributed by atoms with Crippen LogP contribution >= 0.6 is 11.8 Å². The second kappa shape index (κ2) is 17.0. The molecule has 0 bridgehead atoms. The number of nitrogens with zero attached hydrogens (tertiary/aromatic N) is 2. The van der Waals surface area contributed by atoms with E-state index in [4.69, 9.17) is 18.6 Å². The highest BCUT2D eigenvalue weighted by atomic mass is 32.2. The number of thioether (sulfide) groups is 1. The van der Waals surface area contributed by atoms with Gasteiger partial charge in [0.25, 0.3) is 5.56 Å². The average molecular weight is 800 g/mol. The molecule has 5 rings (SSSR count). The molecule has 2 aromatic carbocycles. The highest BCUT2D eigenvalue weighted by Crippen LogP contribution is 2.51. The van der Waals surface area contributed by atoms with Gasteiger partial charge in [0, 0.05) is 11.7 Å². The van der Waals surface area contributed by atoms with Crippen LogP contribution in [0.3, 0.4) is 0 Å². The molecule has 3 N–H and O–H groups in total. The van der Waals surface area contributed by atoms with E-state index in [1.165, 1.54) is 41.8 Å². The first-order valence-corrected chi connectivity index (χ1v) is 17.8. The fraction of sp³-hybridized carbons (Fsp3) is 0.400. The van der Waals surface area contributed by atoms with Crippen molar-refractivity contribution in [1.29, 1.82) is 0 Å². The lowest BCUT2D eigenvalue weighted by Crippen LogP contribution is -2.71. The first-order chi connectivity index (χ1) is 26.6. The number of esters is 1. The van der Waals surface area contributed by atoms with Crippen LogP contribution in [0.15, 0.2) is 62.5 Å². The molecule has 3 heterocycles. The molecule has 0 spiro atoms. The Morgan fingerprint density at radius 1 is 0.946 bits per heavy atom. The Balaban J connectivity index is 1.22. The lowest BCUT2D eigenvalue weighted by atomic mass is 9.95. The number of methoxy groups -OCH3 is 1. The number of hydrogen-bond donors (Lipinski definition) is 3. The first kappa shape index (κ1) is 40.8. The summed E-state index contributed by atoms with van der Waals surface area (Å²) in [6, 6.07) is 8.41. The third-order valence-corrected chi connectivity index (χ3v) is 10.0. The van der Waals surface area contributed by atoms with Crippen LogP contribution in [0.2, 0.25) is 0 Å². The third kappa shape index (κ3) is 8.77. The van der Waals surface area contributed by atoms with Crippen LogP contribution in [0, 0.1) is 0 Å². The number of aromatic nitrogens is 1. The van der Waals surface area contributed by atoms with Crippen molar-refractivity contribution in [2.45, 2.75) is 68.8 Å². The van der Waals surface area contributed by atoms with Crippen molar-refractivity contribution >= 4 is 64.6 Å². The predicted molar refractivity (Wildman–Crippen MR) is 192 cm³/mol. The molecule has 0 saturated carbocycles. The summed E-state index contributed by atoms with van der Waals surface area (Å²) in [5, 5.41) is 6.58. The smallest absolute Gasteiger partial charge is 0.437 e. The lowest BCUT2D eigenvalue weighted by Gasteiger charge is -2.44. The molecule has 3 aromatic rings. The van der Waals surface area contributed by atoms with E-state index in [0.29, 0.717) is 10.1 Å². The fourth-order valence-corrected chi connectivity index (χ4v) is 7.57. The monoisotopic (exact) mass is 799 g/mol. The van der Waals surface area contributed by atoms with E-state index in [0.717, 1.165) is 7.11 Å². The molecule has 2 aliphatic heterocycles. The van der Waals surface area contributed by atoms with Gasteiger partial charge >= 0.3 is 24.0 Å². The quantitative estimate of drug-likeness (QED) is 0.0706. The van der Waals surface area contributed by atoms with Gasteiger partial charge in [0.2, 0.25) is 29.9 Å². The Hall–Kier alpha value is -6.38. The number of nitrogens with one attached hydrogen (secondary N) is 3. The molecule has 3 unspecified atom stereocenters. The molecule has 5 atom stereocenters. The van der Waals surface area contributed by atoms with Crippen molar-refractivity contribution in [2.24, 2.45) is 0 Å². The summed E-state index contributed by atoms with van der Waals surface area (Å²) in [6.07, 6.45) is -3.47. The maximum absolute atomic E-state index is 13.7. The molecule has 20 nitrogen and oxygen atoms in total. The van der Waals surface area contributed by atoms with Gasteiger partial charge in [-0.1, -0.05) is 36.4 Å². The zero-order chi connectivity index (χ0) is 40.9. The van der Waals surface area contributed by atoms with Crippen LogP contribution in [0.25, 0.3) is 11.0 Å². The zero-order valence-electron chi connectivity index (χ0n) is 30.6. The Bertz CT molecular complexity index is 2170. The Morgan fingerprint density at radius 3 is 2.34 bits per heavy atom. The molecule has 4 amide bonds. The standard InChI is InChI=1S/C35H37N5O15S/c1-6-51-34(49)53-17(2)52-31(46)26-35(3,4)56-30-24(29(45)40(26)30)38-27(43)23(18-11-8-7-9-12-18)37-21(41)15-36-22(42)16-39-28(44)19-13-10-14-20(54-33(48)50-5)25(19)55-32(39)47/h7-14,17,23-24,26,30H,6,15-16H2,1-5H3,(H,36,42)(H,37,41)(H,38,43)/t17?,23-,24-,26?,30?/m1/s1. The van der Waals surface area contributed by atoms with Gasteiger partial charge < -0.3 is 49.0 Å². The molecule has 21 heteroatoms. The maximum atomic E-state index is 13.7. The molecule has 0 aliphatic carbocycles. The normalized spacial score (nSPS) is 19.0. The zero-order valence-corrected chi connectivity index (χ0v) is 31.4. The molecule has 2 fully saturated rings. The number of carbonyl (C=O) groups excluding carboxylic acids is 7. The summed E-state index contributed by atoms with van der Waals surface area (Å²) in [5.74, 6) is -5.49. The van der Waals surface area contributed by atoms with Gasteiger partial charge in [0.15, 0.2) is 11.3 Å². The van der Waals surface area contributed by atoms with Crippen molar-refractivity contribution in [3.63, 3.8) is 0 Å². The number of ether oxygens (including phenoxy) is 5. The summed E-state index contributed by atoms with van der Waals surface area (Å²) in [4.78, 5) is 116. The summed E-state index contributed by atoms with van der Waals surface area (Å²) in [6.45, 7) is 4.83. The SMILES string of the molecule is CCOC(=O)OC(C)OC(=O)C1N2C(=O)[C@@H](NC(=O)[C@H](NC(=O)CNC(=O)Cn3c(=O)oc4c(OC(=O)OC)cccc4c3=O)c3ccccc3)C2SC1(C)C. The van der Waals surface area contributed by atoms with Crippen LogP contribution in [-0.4, -0.2) is 100 Å². The second-order valence-electron chi connectivity index (χ2n) is 12.7. The largest absolute Gasteiger partial charge is 0.513 e. The molecule has 298 valence electrons. The number of carbonyl (C=O) groups is 7. The first-order valence-electron chi connectivity index (χ1n) is 16.9. The van der Waals surface area contributed by atoms with E-state index in [2.05, 4.69) is 25.4 Å². The summed E-state index contributed by atoms with van der Waals surface area (Å²) in [5.41, 5.74) is -0.961. The van der Waals surface area contributed by atoms with Gasteiger partial charge in [-0.25, -0.2) is 23.7 Å². The summed E-state index contributed by atoms with van der Waals surface area (Å²) >= 11 is 1.24. The van der Waals surface area contributed by atoms with E-state index in [-0.39, 0.29) is 23.3 Å². The van der Waals surface area contributed by atoms with E-state index in [9.17, 15) is 43.2 Å². The van der Waals surface area contributed by atoms with Crippen molar-refractivity contribution in [1.82, 2.24) is 25.4 Å². The topological polar surface area (TPSA) is 257 Å². The van der Waals surface area contributed by atoms with Crippen molar-refractivity contribution in [3.8, 4) is 5.75 Å². The Labute approximate surface area is 321 Å². The number of rotatable bonds is 13. The molecule has 2 saturated heterocycles. The third-order valence-electron chi connectivity index (χ3n) is 8.44. The van der Waals surface area contributed by atoms with E-state index < -0.39 is 101 Å². The van der Waals surface area contributed by atoms with Crippen LogP contribution in [-0.2, 0) is 49.5 Å². The lowest BCUT2D eigenvalue weighted by molar-refractivity contribution is -0.180. The van der Waals surface area contributed by atoms with E-state index in [1.807, 2.05) is 0 Å². The molecular formula is C35H37N5O15S. The number of para-hydroxylation sites is 1. The molecule has 56 heavy (non-hydrogen) atoms. The average Bonchev–Trinajstić information content (AvgIpc) is 3.41. The molecule has 1 aromatic heterocycles. The van der Waals surface area contributed by atoms with Crippen LogP contribution in [0.4, 0.5) is 9.59 Å². The number of hydrogen-bond acceptors (Lipinski definition) is 16. The minimum atomic E-state index is -1.35. The predicted octanol–water partition coefficient (Wildman–Crippen LogP) is 0.683. The van der Waals surface area contributed by atoms with Gasteiger partial charge in [-0.05, 0) is 38.5 Å². The van der Waals surface area contributed by atoms with Gasteiger partial charge in [0.05, 0.1) is 25.6 Å². The van der Waals surface area contributed by atoms with E-state index >= 15 is 0 Å². The Kier molecular flexibility index (Phi) is 12.4. The van der Waals surface area contributed by atoms with Crippen LogP contribution in [0.1, 0.15) is 39.3 Å². The van der Waals surface area contributed by atoms with Crippen molar-refractivity contribution in [2.75, 3.05) is 20.3 Å². The van der Waals surface area contributed by atoms with Crippen LogP contribution in [0.5, 0.6) is 5.75 Å².